The molecule has 0 bridgehead atoms. The molecule has 0 saturated heterocycles. The van der Waals surface area contributed by atoms with Crippen molar-refractivity contribution in [2.75, 3.05) is 11.5 Å². The first kappa shape index (κ1) is 23.5. The fourth-order valence-electron chi connectivity index (χ4n) is 4.06. The van der Waals surface area contributed by atoms with Crippen molar-refractivity contribution >= 4 is 23.5 Å². The maximum atomic E-state index is 4.31. The minimum atomic E-state index is 0.965. The van der Waals surface area contributed by atoms with Gasteiger partial charge in [0, 0.05) is 10.5 Å². The lowest BCUT2D eigenvalue weighted by Gasteiger charge is -2.33. The van der Waals surface area contributed by atoms with E-state index in [9.17, 15) is 0 Å². The van der Waals surface area contributed by atoms with Crippen LogP contribution in [0.2, 0.25) is 0 Å². The smallest absolute Gasteiger partial charge is 0.00728 e. The molecule has 0 aromatic rings. The van der Waals surface area contributed by atoms with Gasteiger partial charge in [-0.3, -0.25) is 0 Å². The third-order valence-corrected chi connectivity index (χ3v) is 9.96. The Bertz CT molecular complexity index is 402. The van der Waals surface area contributed by atoms with Gasteiger partial charge in [0.2, 0.25) is 0 Å². The molecule has 27 heavy (non-hydrogen) atoms. The summed E-state index contributed by atoms with van der Waals surface area (Å²) in [6.07, 6.45) is 17.5. The maximum Gasteiger partial charge on any atom is 0.00728 e. The van der Waals surface area contributed by atoms with E-state index in [1.165, 1.54) is 106 Å². The summed E-state index contributed by atoms with van der Waals surface area (Å²) in [6, 6.07) is 0. The molecule has 0 aliphatic heterocycles. The Balaban J connectivity index is 1.32. The Morgan fingerprint density at radius 1 is 0.630 bits per heavy atom. The van der Waals surface area contributed by atoms with Gasteiger partial charge in [0.1, 0.15) is 0 Å². The van der Waals surface area contributed by atoms with Crippen LogP contribution in [0.1, 0.15) is 97.3 Å². The van der Waals surface area contributed by atoms with Crippen LogP contribution in [0.3, 0.4) is 0 Å². The van der Waals surface area contributed by atoms with E-state index in [0.717, 1.165) is 22.3 Å². The number of unbranched alkanes of at least 4 members (excludes halogenated alkanes) is 2. The summed E-state index contributed by atoms with van der Waals surface area (Å²) >= 11 is 4.42. The molecule has 0 nitrogen and oxygen atoms in total. The molecule has 0 N–H and O–H groups in total. The van der Waals surface area contributed by atoms with Crippen LogP contribution in [0.15, 0.2) is 24.3 Å². The summed E-state index contributed by atoms with van der Waals surface area (Å²) in [5.74, 6) is 4.62. The van der Waals surface area contributed by atoms with Gasteiger partial charge >= 0.3 is 0 Å². The van der Waals surface area contributed by atoms with Crippen molar-refractivity contribution in [1.82, 2.24) is 0 Å². The molecule has 0 aromatic carbocycles. The second-order valence-corrected chi connectivity index (χ2v) is 11.9. The largest absolute Gasteiger partial charge is 0.158 e. The van der Waals surface area contributed by atoms with Crippen LogP contribution < -0.4 is 0 Å². The standard InChI is InChI=1S/C25H44S2/c1-20(12-8-18-26-24-16-14-22(24)3)10-6-5-7-11-21(2)13-9-19-27-25-17-15-23(25)4/h22-25H,1-2,5-19H2,3-4H3. The number of rotatable bonds is 16. The van der Waals surface area contributed by atoms with E-state index in [1.54, 1.807) is 0 Å². The third-order valence-electron chi connectivity index (χ3n) is 6.66. The first-order valence-electron chi connectivity index (χ1n) is 11.6. The summed E-state index contributed by atoms with van der Waals surface area (Å²) in [6.45, 7) is 13.4. The van der Waals surface area contributed by atoms with Gasteiger partial charge < -0.3 is 0 Å². The highest BCUT2D eigenvalue weighted by atomic mass is 32.2. The zero-order valence-electron chi connectivity index (χ0n) is 18.1. The quantitative estimate of drug-likeness (QED) is 0.185. The summed E-state index contributed by atoms with van der Waals surface area (Å²) in [5, 5.41) is 1.93. The molecule has 156 valence electrons. The predicted octanol–water partition coefficient (Wildman–Crippen LogP) is 8.67. The van der Waals surface area contributed by atoms with Crippen molar-refractivity contribution in [1.29, 1.82) is 0 Å². The van der Waals surface area contributed by atoms with Crippen LogP contribution in [0.25, 0.3) is 0 Å². The van der Waals surface area contributed by atoms with Crippen molar-refractivity contribution < 1.29 is 0 Å². The van der Waals surface area contributed by atoms with Gasteiger partial charge in [-0.1, -0.05) is 44.6 Å². The number of hydrogen-bond acceptors (Lipinski definition) is 2. The normalized spacial score (nSPS) is 27.0. The molecule has 4 unspecified atom stereocenters. The van der Waals surface area contributed by atoms with Crippen LogP contribution in [0, 0.1) is 11.8 Å². The Morgan fingerprint density at radius 3 is 1.37 bits per heavy atom. The maximum absolute atomic E-state index is 4.31. The Kier molecular flexibility index (Phi) is 11.7. The molecule has 2 saturated carbocycles. The first-order chi connectivity index (χ1) is 13.1. The average molecular weight is 409 g/mol. The summed E-state index contributed by atoms with van der Waals surface area (Å²) < 4.78 is 0. The summed E-state index contributed by atoms with van der Waals surface area (Å²) in [7, 11) is 0. The molecular formula is C25H44S2. The van der Waals surface area contributed by atoms with Gasteiger partial charge in [0.05, 0.1) is 0 Å². The van der Waals surface area contributed by atoms with E-state index in [-0.39, 0.29) is 0 Å². The molecule has 0 heterocycles. The van der Waals surface area contributed by atoms with Crippen LogP contribution >= 0.6 is 23.5 Å². The second-order valence-electron chi connectivity index (χ2n) is 9.20. The highest BCUT2D eigenvalue weighted by molar-refractivity contribution is 8.00. The summed E-state index contributed by atoms with van der Waals surface area (Å²) in [5.41, 5.74) is 2.97. The van der Waals surface area contributed by atoms with Gasteiger partial charge in [-0.2, -0.15) is 23.5 Å². The molecule has 2 rings (SSSR count). The van der Waals surface area contributed by atoms with Crippen molar-refractivity contribution in [2.45, 2.75) is 108 Å². The molecule has 2 heteroatoms. The predicted molar refractivity (Wildman–Crippen MR) is 129 cm³/mol. The van der Waals surface area contributed by atoms with Crippen molar-refractivity contribution in [3.05, 3.63) is 24.3 Å². The minimum Gasteiger partial charge on any atom is -0.158 e. The lowest BCUT2D eigenvalue weighted by atomic mass is 9.87. The minimum absolute atomic E-state index is 0.965. The van der Waals surface area contributed by atoms with Crippen LogP contribution in [-0.2, 0) is 0 Å². The fraction of sp³-hybridized carbons (Fsp3) is 0.840. The average Bonchev–Trinajstić information content (AvgIpc) is 2.64. The van der Waals surface area contributed by atoms with Crippen molar-refractivity contribution in [3.63, 3.8) is 0 Å². The molecular weight excluding hydrogens is 364 g/mol. The van der Waals surface area contributed by atoms with E-state index in [0.29, 0.717) is 0 Å². The van der Waals surface area contributed by atoms with Gasteiger partial charge in [0.15, 0.2) is 0 Å². The number of hydrogen-bond donors (Lipinski definition) is 0. The molecule has 0 spiro atoms. The number of allylic oxidation sites excluding steroid dienone is 2. The first-order valence-corrected chi connectivity index (χ1v) is 13.7. The zero-order valence-corrected chi connectivity index (χ0v) is 19.8. The third kappa shape index (κ3) is 9.48. The van der Waals surface area contributed by atoms with Crippen molar-refractivity contribution in [3.8, 4) is 0 Å². The van der Waals surface area contributed by atoms with E-state index >= 15 is 0 Å². The molecule has 0 aromatic heterocycles. The zero-order chi connectivity index (χ0) is 19.5. The molecule has 2 aliphatic rings. The molecule has 0 amide bonds. The van der Waals surface area contributed by atoms with E-state index in [4.69, 9.17) is 0 Å². The van der Waals surface area contributed by atoms with Crippen molar-refractivity contribution in [2.24, 2.45) is 11.8 Å². The van der Waals surface area contributed by atoms with Gasteiger partial charge in [0.25, 0.3) is 0 Å². The van der Waals surface area contributed by atoms with Crippen LogP contribution in [0.5, 0.6) is 0 Å². The van der Waals surface area contributed by atoms with E-state index < -0.39 is 0 Å². The highest BCUT2D eigenvalue weighted by Crippen LogP contribution is 2.38. The SMILES string of the molecule is C=C(CCCCCC(=C)CCCSC1CCC1C)CCCSC1CCC1C. The van der Waals surface area contributed by atoms with Gasteiger partial charge in [-0.25, -0.2) is 0 Å². The van der Waals surface area contributed by atoms with E-state index in [2.05, 4.69) is 50.5 Å². The Labute approximate surface area is 178 Å². The highest BCUT2D eigenvalue weighted by Gasteiger charge is 2.27. The topological polar surface area (TPSA) is 0 Å². The summed E-state index contributed by atoms with van der Waals surface area (Å²) in [4.78, 5) is 0. The fourth-order valence-corrected chi connectivity index (χ4v) is 6.82. The van der Waals surface area contributed by atoms with Crippen LogP contribution in [-0.4, -0.2) is 22.0 Å². The number of thioether (sulfide) groups is 2. The lowest BCUT2D eigenvalue weighted by molar-refractivity contribution is 0.362. The Morgan fingerprint density at radius 2 is 1.04 bits per heavy atom. The lowest BCUT2D eigenvalue weighted by Crippen LogP contribution is -2.25. The molecule has 0 radical (unpaired) electrons. The second kappa shape index (κ2) is 13.4. The molecule has 2 aliphatic carbocycles. The molecule has 4 atom stereocenters. The van der Waals surface area contributed by atoms with Crippen LogP contribution in [0.4, 0.5) is 0 Å². The van der Waals surface area contributed by atoms with Gasteiger partial charge in [-0.15, -0.1) is 0 Å². The van der Waals surface area contributed by atoms with Gasteiger partial charge in [-0.05, 0) is 100 Å². The van der Waals surface area contributed by atoms with E-state index in [1.807, 2.05) is 0 Å². The Hall–Kier alpha value is 0.180. The molecule has 2 fully saturated rings. The monoisotopic (exact) mass is 408 g/mol.